The molecule has 6 heteroatoms. The van der Waals surface area contributed by atoms with Crippen LogP contribution in [0.2, 0.25) is 0 Å². The van der Waals surface area contributed by atoms with Crippen LogP contribution >= 0.6 is 0 Å². The lowest BCUT2D eigenvalue weighted by Crippen LogP contribution is -2.41. The van der Waals surface area contributed by atoms with E-state index in [9.17, 15) is 9.59 Å². The maximum atomic E-state index is 13.0. The molecule has 0 bridgehead atoms. The van der Waals surface area contributed by atoms with Crippen molar-refractivity contribution in [3.05, 3.63) is 35.9 Å². The Morgan fingerprint density at radius 2 is 2.04 bits per heavy atom. The lowest BCUT2D eigenvalue weighted by atomic mass is 10.00. The number of pyridine rings is 1. The molecule has 1 aliphatic rings. The highest BCUT2D eigenvalue weighted by Gasteiger charge is 2.28. The fraction of sp³-hybridized carbons (Fsp3) is 0.526. The van der Waals surface area contributed by atoms with Crippen molar-refractivity contribution >= 4 is 17.3 Å². The summed E-state index contributed by atoms with van der Waals surface area (Å²) in [5.41, 5.74) is 0.656. The van der Waals surface area contributed by atoms with Crippen molar-refractivity contribution in [3.8, 4) is 0 Å². The summed E-state index contributed by atoms with van der Waals surface area (Å²) in [5, 5.41) is 2.92. The molecule has 6 nitrogen and oxygen atoms in total. The molecule has 2 amide bonds. The molecule has 3 heterocycles. The van der Waals surface area contributed by atoms with E-state index in [1.807, 2.05) is 43.9 Å². The molecule has 1 fully saturated rings. The first-order chi connectivity index (χ1) is 11.8. The highest BCUT2D eigenvalue weighted by atomic mass is 16.2. The van der Waals surface area contributed by atoms with Crippen molar-refractivity contribution in [2.24, 2.45) is 5.92 Å². The number of carbonyl (C=O) groups excluding carboxylic acids is 2. The predicted octanol–water partition coefficient (Wildman–Crippen LogP) is 2.73. The number of piperidine rings is 1. The summed E-state index contributed by atoms with van der Waals surface area (Å²) in [5.74, 6) is 0.374. The summed E-state index contributed by atoms with van der Waals surface area (Å²) < 4.78 is 1.70. The Hall–Kier alpha value is -2.37. The lowest BCUT2D eigenvalue weighted by Gasteiger charge is -2.30. The van der Waals surface area contributed by atoms with Crippen LogP contribution in [0.5, 0.6) is 0 Å². The number of nitrogens with one attached hydrogen (secondary N) is 1. The van der Waals surface area contributed by atoms with Crippen LogP contribution in [-0.4, -0.2) is 44.7 Å². The summed E-state index contributed by atoms with van der Waals surface area (Å²) in [6.07, 6.45) is 3.93. The van der Waals surface area contributed by atoms with Crippen molar-refractivity contribution in [2.45, 2.75) is 46.1 Å². The number of amides is 2. The molecular weight excluding hydrogens is 316 g/mol. The Bertz CT molecular complexity index is 803. The second kappa shape index (κ2) is 6.50. The van der Waals surface area contributed by atoms with E-state index in [0.717, 1.165) is 25.9 Å². The molecule has 1 atom stereocenters. The highest BCUT2D eigenvalue weighted by Crippen LogP contribution is 2.21. The first-order valence-electron chi connectivity index (χ1n) is 8.85. The van der Waals surface area contributed by atoms with E-state index in [4.69, 9.17) is 0 Å². The van der Waals surface area contributed by atoms with Crippen LogP contribution in [0.3, 0.4) is 0 Å². The van der Waals surface area contributed by atoms with Gasteiger partial charge in [-0.2, -0.15) is 0 Å². The molecular formula is C19H26N4O2. The fourth-order valence-corrected chi connectivity index (χ4v) is 3.28. The van der Waals surface area contributed by atoms with Gasteiger partial charge < -0.3 is 10.2 Å². The van der Waals surface area contributed by atoms with Gasteiger partial charge in [-0.1, -0.05) is 13.0 Å². The predicted molar refractivity (Wildman–Crippen MR) is 96.7 cm³/mol. The largest absolute Gasteiger partial charge is 0.345 e. The number of aromatic nitrogens is 2. The zero-order valence-electron chi connectivity index (χ0n) is 15.4. The third kappa shape index (κ3) is 3.67. The zero-order valence-corrected chi connectivity index (χ0v) is 15.4. The van der Waals surface area contributed by atoms with E-state index in [2.05, 4.69) is 17.2 Å². The van der Waals surface area contributed by atoms with Crippen molar-refractivity contribution in [1.82, 2.24) is 19.6 Å². The summed E-state index contributed by atoms with van der Waals surface area (Å²) >= 11 is 0. The molecule has 1 unspecified atom stereocenters. The third-order valence-electron chi connectivity index (χ3n) is 4.39. The van der Waals surface area contributed by atoms with Gasteiger partial charge in [0.25, 0.3) is 11.8 Å². The van der Waals surface area contributed by atoms with Gasteiger partial charge in [0.2, 0.25) is 5.82 Å². The maximum absolute atomic E-state index is 13.0. The lowest BCUT2D eigenvalue weighted by molar-refractivity contribution is 0.0679. The second-order valence-corrected chi connectivity index (χ2v) is 7.94. The zero-order chi connectivity index (χ0) is 18.2. The Labute approximate surface area is 148 Å². The van der Waals surface area contributed by atoms with E-state index in [1.54, 1.807) is 10.6 Å². The van der Waals surface area contributed by atoms with E-state index in [0.29, 0.717) is 17.1 Å². The minimum Gasteiger partial charge on any atom is -0.345 e. The monoisotopic (exact) mass is 342 g/mol. The molecule has 3 rings (SSSR count). The van der Waals surface area contributed by atoms with Gasteiger partial charge >= 0.3 is 0 Å². The molecule has 1 N–H and O–H groups in total. The van der Waals surface area contributed by atoms with E-state index >= 15 is 0 Å². The van der Waals surface area contributed by atoms with Crippen LogP contribution in [0.25, 0.3) is 5.52 Å². The molecule has 134 valence electrons. The smallest absolute Gasteiger partial charge is 0.288 e. The summed E-state index contributed by atoms with van der Waals surface area (Å²) in [6, 6.07) is 5.53. The number of carbonyl (C=O) groups is 2. The van der Waals surface area contributed by atoms with Gasteiger partial charge in [0, 0.05) is 24.8 Å². The molecule has 1 saturated heterocycles. The third-order valence-corrected chi connectivity index (χ3v) is 4.39. The van der Waals surface area contributed by atoms with Crippen LogP contribution in [0.1, 0.15) is 61.6 Å². The molecule has 1 aliphatic heterocycles. The molecule has 0 saturated carbocycles. The number of nitrogens with zero attached hydrogens (tertiary/aromatic N) is 3. The van der Waals surface area contributed by atoms with E-state index < -0.39 is 0 Å². The van der Waals surface area contributed by atoms with Crippen molar-refractivity contribution < 1.29 is 9.59 Å². The van der Waals surface area contributed by atoms with E-state index in [1.165, 1.54) is 0 Å². The highest BCUT2D eigenvalue weighted by molar-refractivity contribution is 6.02. The number of hydrogen-bond acceptors (Lipinski definition) is 3. The van der Waals surface area contributed by atoms with Gasteiger partial charge in [0.05, 0.1) is 5.52 Å². The van der Waals surface area contributed by atoms with Crippen LogP contribution in [0, 0.1) is 5.92 Å². The molecule has 2 aromatic heterocycles. The Morgan fingerprint density at radius 1 is 1.28 bits per heavy atom. The van der Waals surface area contributed by atoms with Crippen LogP contribution in [-0.2, 0) is 0 Å². The Morgan fingerprint density at radius 3 is 2.72 bits per heavy atom. The van der Waals surface area contributed by atoms with Crippen LogP contribution in [0.15, 0.2) is 24.4 Å². The van der Waals surface area contributed by atoms with Gasteiger partial charge in [-0.05, 0) is 51.7 Å². The maximum Gasteiger partial charge on any atom is 0.288 e. The molecule has 25 heavy (non-hydrogen) atoms. The number of fused-ring (bicyclic) bond motifs is 1. The van der Waals surface area contributed by atoms with Crippen LogP contribution in [0.4, 0.5) is 0 Å². The van der Waals surface area contributed by atoms with Crippen molar-refractivity contribution in [3.63, 3.8) is 0 Å². The average molecular weight is 342 g/mol. The molecule has 2 aromatic rings. The Kier molecular flexibility index (Phi) is 4.54. The quantitative estimate of drug-likeness (QED) is 0.912. The van der Waals surface area contributed by atoms with Crippen LogP contribution < -0.4 is 5.32 Å². The summed E-state index contributed by atoms with van der Waals surface area (Å²) in [7, 11) is 0. The minimum atomic E-state index is -0.371. The topological polar surface area (TPSA) is 66.7 Å². The fourth-order valence-electron chi connectivity index (χ4n) is 3.28. The number of rotatable bonds is 2. The van der Waals surface area contributed by atoms with Gasteiger partial charge in [0.15, 0.2) is 5.69 Å². The standard InChI is InChI=1S/C19H26N4O2/c1-13-8-7-10-22(12-13)18(25)15-14-9-5-6-11-23(14)16(20-15)17(24)21-19(2,3)4/h5-6,9,11,13H,7-8,10,12H2,1-4H3,(H,21,24). The normalized spacial score (nSPS) is 18.4. The molecule has 0 spiro atoms. The molecule has 0 aromatic carbocycles. The molecule has 0 aliphatic carbocycles. The summed E-state index contributed by atoms with van der Waals surface area (Å²) in [6.45, 7) is 9.41. The Balaban J connectivity index is 1.99. The number of imidazole rings is 1. The minimum absolute atomic E-state index is 0.0925. The first-order valence-corrected chi connectivity index (χ1v) is 8.85. The van der Waals surface area contributed by atoms with Crippen molar-refractivity contribution in [2.75, 3.05) is 13.1 Å². The SMILES string of the molecule is CC1CCCN(C(=O)c2nc(C(=O)NC(C)(C)C)n3ccccc23)C1. The second-order valence-electron chi connectivity index (χ2n) is 7.94. The summed E-state index contributed by atoms with van der Waals surface area (Å²) in [4.78, 5) is 31.9. The van der Waals surface area contributed by atoms with Gasteiger partial charge in [-0.15, -0.1) is 0 Å². The first kappa shape index (κ1) is 17.5. The van der Waals surface area contributed by atoms with Gasteiger partial charge in [-0.25, -0.2) is 4.98 Å². The van der Waals surface area contributed by atoms with Crippen molar-refractivity contribution in [1.29, 1.82) is 0 Å². The number of hydrogen-bond donors (Lipinski definition) is 1. The molecule has 0 radical (unpaired) electrons. The van der Waals surface area contributed by atoms with Gasteiger partial charge in [-0.3, -0.25) is 14.0 Å². The average Bonchev–Trinajstić information content (AvgIpc) is 2.92. The number of likely N-dealkylation sites (tertiary alicyclic amines) is 1. The van der Waals surface area contributed by atoms with E-state index in [-0.39, 0.29) is 23.2 Å². The van der Waals surface area contributed by atoms with Gasteiger partial charge in [0.1, 0.15) is 0 Å².